The van der Waals surface area contributed by atoms with Crippen LogP contribution in [0.1, 0.15) is 11.4 Å². The number of nitrogens with one attached hydrogen (secondary N) is 1. The number of aryl methyl sites for hydroxylation is 1. The molecule has 0 unspecified atom stereocenters. The lowest BCUT2D eigenvalue weighted by Gasteiger charge is -2.10. The second-order valence-corrected chi connectivity index (χ2v) is 3.86. The van der Waals surface area contributed by atoms with Gasteiger partial charge in [-0.25, -0.2) is 0 Å². The van der Waals surface area contributed by atoms with Crippen LogP contribution in [0.3, 0.4) is 0 Å². The number of hydrogen-bond donors (Lipinski definition) is 1. The molecule has 0 spiro atoms. The Bertz CT molecular complexity index is 544. The molecule has 1 N–H and O–H groups in total. The van der Waals surface area contributed by atoms with E-state index in [1.807, 2.05) is 35.8 Å². The van der Waals surface area contributed by atoms with Crippen molar-refractivity contribution < 1.29 is 4.74 Å². The number of ether oxygens (including phenoxy) is 1. The molecule has 0 aliphatic heterocycles. The molecule has 0 aliphatic carbocycles. The molecule has 84 valence electrons. The maximum Gasteiger partial charge on any atom is 0.199 e. The van der Waals surface area contributed by atoms with Crippen LogP contribution in [0.4, 0.5) is 0 Å². The molecule has 1 heterocycles. The van der Waals surface area contributed by atoms with Crippen LogP contribution < -0.4 is 0 Å². The molecule has 0 bridgehead atoms. The number of rotatable bonds is 3. The lowest BCUT2D eigenvalue weighted by Crippen LogP contribution is -2.02. The first-order valence-electron chi connectivity index (χ1n) is 4.95. The highest BCUT2D eigenvalue weighted by molar-refractivity contribution is 7.71. The average Bonchev–Trinajstić information content (AvgIpc) is 2.60. The predicted molar refractivity (Wildman–Crippen MR) is 64.2 cm³/mol. The van der Waals surface area contributed by atoms with Gasteiger partial charge in [0.1, 0.15) is 5.82 Å². The minimum atomic E-state index is 0.558. The van der Waals surface area contributed by atoms with Gasteiger partial charge in [-0.3, -0.25) is 9.67 Å². The van der Waals surface area contributed by atoms with Gasteiger partial charge in [0.25, 0.3) is 0 Å². The summed E-state index contributed by atoms with van der Waals surface area (Å²) in [4.78, 5) is 0. The predicted octanol–water partition coefficient (Wildman–Crippen LogP) is 2.38. The Kier molecular flexibility index (Phi) is 3.17. The highest BCUT2D eigenvalue weighted by Gasteiger charge is 2.08. The number of para-hydroxylation sites is 1. The maximum absolute atomic E-state index is 5.20. The van der Waals surface area contributed by atoms with E-state index < -0.39 is 0 Å². The van der Waals surface area contributed by atoms with Crippen molar-refractivity contribution >= 4 is 12.2 Å². The second kappa shape index (κ2) is 4.59. The quantitative estimate of drug-likeness (QED) is 0.831. The summed E-state index contributed by atoms with van der Waals surface area (Å²) < 4.78 is 7.67. The number of nitrogens with zero attached hydrogens (tertiary/aromatic N) is 2. The van der Waals surface area contributed by atoms with E-state index in [4.69, 9.17) is 17.0 Å². The van der Waals surface area contributed by atoms with Crippen molar-refractivity contribution in [1.29, 1.82) is 0 Å². The summed E-state index contributed by atoms with van der Waals surface area (Å²) in [5.74, 6) is 0.841. The van der Waals surface area contributed by atoms with Crippen molar-refractivity contribution in [2.75, 3.05) is 7.11 Å². The molecule has 1 aromatic carbocycles. The van der Waals surface area contributed by atoms with Gasteiger partial charge in [0.15, 0.2) is 4.77 Å². The molecule has 2 rings (SSSR count). The first-order valence-corrected chi connectivity index (χ1v) is 5.36. The summed E-state index contributed by atoms with van der Waals surface area (Å²) in [7, 11) is 1.68. The molecule has 5 heteroatoms. The first-order chi connectivity index (χ1) is 7.74. The third-order valence-electron chi connectivity index (χ3n) is 2.37. The fourth-order valence-corrected chi connectivity index (χ4v) is 1.94. The third-order valence-corrected chi connectivity index (χ3v) is 2.65. The van der Waals surface area contributed by atoms with Gasteiger partial charge in [-0.1, -0.05) is 18.2 Å². The molecule has 16 heavy (non-hydrogen) atoms. The molecular formula is C11H13N3OS. The van der Waals surface area contributed by atoms with E-state index in [1.165, 1.54) is 0 Å². The molecule has 0 saturated heterocycles. The van der Waals surface area contributed by atoms with Crippen LogP contribution in [0.15, 0.2) is 24.3 Å². The Morgan fingerprint density at radius 3 is 2.81 bits per heavy atom. The SMILES string of the molecule is COCc1ccccc1-n1c(C)n[nH]c1=S. The Morgan fingerprint density at radius 1 is 1.44 bits per heavy atom. The number of aromatic amines is 1. The van der Waals surface area contributed by atoms with Crippen molar-refractivity contribution in [3.05, 3.63) is 40.4 Å². The van der Waals surface area contributed by atoms with Gasteiger partial charge in [-0.05, 0) is 25.2 Å². The van der Waals surface area contributed by atoms with Crippen LogP contribution in [0.5, 0.6) is 0 Å². The van der Waals surface area contributed by atoms with E-state index in [2.05, 4.69) is 10.2 Å². The van der Waals surface area contributed by atoms with E-state index in [9.17, 15) is 0 Å². The molecule has 2 aromatic rings. The van der Waals surface area contributed by atoms with E-state index >= 15 is 0 Å². The number of hydrogen-bond acceptors (Lipinski definition) is 3. The lowest BCUT2D eigenvalue weighted by atomic mass is 10.2. The van der Waals surface area contributed by atoms with Crippen molar-refractivity contribution in [2.45, 2.75) is 13.5 Å². The van der Waals surface area contributed by atoms with E-state index in [-0.39, 0.29) is 0 Å². The summed E-state index contributed by atoms with van der Waals surface area (Å²) in [6.07, 6.45) is 0. The van der Waals surface area contributed by atoms with Gasteiger partial charge in [0.2, 0.25) is 0 Å². The summed E-state index contributed by atoms with van der Waals surface area (Å²) in [6, 6.07) is 7.99. The van der Waals surface area contributed by atoms with Gasteiger partial charge < -0.3 is 4.74 Å². The fraction of sp³-hybridized carbons (Fsp3) is 0.273. The number of benzene rings is 1. The van der Waals surface area contributed by atoms with Gasteiger partial charge >= 0.3 is 0 Å². The van der Waals surface area contributed by atoms with Gasteiger partial charge in [0.05, 0.1) is 12.3 Å². The largest absolute Gasteiger partial charge is 0.380 e. The van der Waals surface area contributed by atoms with Gasteiger partial charge in [-0.2, -0.15) is 5.10 Å². The number of methoxy groups -OCH3 is 1. The lowest BCUT2D eigenvalue weighted by molar-refractivity contribution is 0.184. The summed E-state index contributed by atoms with van der Waals surface area (Å²) in [5, 5.41) is 6.88. The molecule has 0 radical (unpaired) electrons. The normalized spacial score (nSPS) is 10.6. The smallest absolute Gasteiger partial charge is 0.199 e. The van der Waals surface area contributed by atoms with Crippen LogP contribution in [0, 0.1) is 11.7 Å². The molecule has 1 aromatic heterocycles. The van der Waals surface area contributed by atoms with E-state index in [0.717, 1.165) is 17.1 Å². The van der Waals surface area contributed by atoms with Crippen LogP contribution >= 0.6 is 12.2 Å². The first kappa shape index (κ1) is 11.0. The zero-order chi connectivity index (χ0) is 11.5. The minimum Gasteiger partial charge on any atom is -0.380 e. The average molecular weight is 235 g/mol. The summed E-state index contributed by atoms with van der Waals surface area (Å²) in [5.41, 5.74) is 2.10. The van der Waals surface area contributed by atoms with Crippen molar-refractivity contribution in [3.63, 3.8) is 0 Å². The summed E-state index contributed by atoms with van der Waals surface area (Å²) in [6.45, 7) is 2.47. The molecule has 0 amide bonds. The number of aromatic nitrogens is 3. The third kappa shape index (κ3) is 1.91. The maximum atomic E-state index is 5.20. The van der Waals surface area contributed by atoms with Gasteiger partial charge in [0, 0.05) is 12.7 Å². The molecule has 0 fully saturated rings. The van der Waals surface area contributed by atoms with Gasteiger partial charge in [-0.15, -0.1) is 0 Å². The zero-order valence-electron chi connectivity index (χ0n) is 9.23. The monoisotopic (exact) mass is 235 g/mol. The Balaban J connectivity index is 2.60. The summed E-state index contributed by atoms with van der Waals surface area (Å²) >= 11 is 5.20. The molecule has 0 atom stereocenters. The minimum absolute atomic E-state index is 0.558. The zero-order valence-corrected chi connectivity index (χ0v) is 10.0. The van der Waals surface area contributed by atoms with Crippen molar-refractivity contribution in [2.24, 2.45) is 0 Å². The van der Waals surface area contributed by atoms with Crippen LogP contribution in [-0.2, 0) is 11.3 Å². The highest BCUT2D eigenvalue weighted by atomic mass is 32.1. The molecule has 0 aliphatic rings. The van der Waals surface area contributed by atoms with Crippen LogP contribution in [0.25, 0.3) is 5.69 Å². The van der Waals surface area contributed by atoms with Crippen molar-refractivity contribution in [1.82, 2.24) is 14.8 Å². The molecule has 4 nitrogen and oxygen atoms in total. The van der Waals surface area contributed by atoms with Crippen LogP contribution in [-0.4, -0.2) is 21.9 Å². The topological polar surface area (TPSA) is 42.8 Å². The standard InChI is InChI=1S/C11H13N3OS/c1-8-12-13-11(16)14(8)10-6-4-3-5-9(10)7-15-2/h3-6H,7H2,1-2H3,(H,13,16). The number of H-pyrrole nitrogens is 1. The Morgan fingerprint density at radius 2 is 2.19 bits per heavy atom. The van der Waals surface area contributed by atoms with E-state index in [1.54, 1.807) is 7.11 Å². The van der Waals surface area contributed by atoms with Crippen molar-refractivity contribution in [3.8, 4) is 5.69 Å². The molecule has 0 saturated carbocycles. The second-order valence-electron chi connectivity index (χ2n) is 3.47. The Labute approximate surface area is 98.9 Å². The Hall–Kier alpha value is -1.46. The fourth-order valence-electron chi connectivity index (χ4n) is 1.67. The van der Waals surface area contributed by atoms with E-state index in [0.29, 0.717) is 11.4 Å². The van der Waals surface area contributed by atoms with Crippen LogP contribution in [0.2, 0.25) is 0 Å². The highest BCUT2D eigenvalue weighted by Crippen LogP contribution is 2.16. The molecular weight excluding hydrogens is 222 g/mol.